The summed E-state index contributed by atoms with van der Waals surface area (Å²) in [6, 6.07) is 18.3. The Morgan fingerprint density at radius 1 is 0.697 bits per heavy atom. The Hall–Kier alpha value is -2.08. The third-order valence-electron chi connectivity index (χ3n) is 8.46. The maximum Gasteiger partial charge on any atom is -0.0184 e. The molecule has 0 spiro atoms. The highest BCUT2D eigenvalue weighted by Crippen LogP contribution is 2.41. The molecule has 0 aromatic heterocycles. The molecule has 33 heavy (non-hydrogen) atoms. The van der Waals surface area contributed by atoms with E-state index >= 15 is 0 Å². The van der Waals surface area contributed by atoms with Crippen LogP contribution >= 0.6 is 0 Å². The summed E-state index contributed by atoms with van der Waals surface area (Å²) in [7, 11) is 0. The Labute approximate surface area is 203 Å². The van der Waals surface area contributed by atoms with Crippen LogP contribution in [0.5, 0.6) is 0 Å². The molecule has 2 fully saturated rings. The third-order valence-corrected chi connectivity index (χ3v) is 8.46. The van der Waals surface area contributed by atoms with Gasteiger partial charge in [-0.15, -0.1) is 6.58 Å². The molecule has 176 valence electrons. The lowest BCUT2D eigenvalue weighted by molar-refractivity contribution is 0.167. The van der Waals surface area contributed by atoms with Crippen molar-refractivity contribution in [1.29, 1.82) is 0 Å². The molecule has 0 unspecified atom stereocenters. The summed E-state index contributed by atoms with van der Waals surface area (Å²) in [6.45, 7) is 6.27. The molecule has 4 rings (SSSR count). The van der Waals surface area contributed by atoms with E-state index in [4.69, 9.17) is 0 Å². The molecule has 0 heteroatoms. The second-order valence-electron chi connectivity index (χ2n) is 10.7. The Balaban J connectivity index is 1.24. The van der Waals surface area contributed by atoms with Crippen LogP contribution in [0.1, 0.15) is 88.7 Å². The van der Waals surface area contributed by atoms with Crippen LogP contribution in [-0.4, -0.2) is 0 Å². The van der Waals surface area contributed by atoms with Gasteiger partial charge < -0.3 is 0 Å². The van der Waals surface area contributed by atoms with E-state index in [1.54, 1.807) is 0 Å². The van der Waals surface area contributed by atoms with Gasteiger partial charge in [0.1, 0.15) is 0 Å². The van der Waals surface area contributed by atoms with Crippen LogP contribution < -0.4 is 0 Å². The van der Waals surface area contributed by atoms with Gasteiger partial charge in [-0.2, -0.15) is 0 Å². The molecule has 0 saturated heterocycles. The van der Waals surface area contributed by atoms with Gasteiger partial charge in [-0.3, -0.25) is 0 Å². The molecule has 2 aromatic carbocycles. The molecule has 0 bridgehead atoms. The van der Waals surface area contributed by atoms with Crippen molar-refractivity contribution < 1.29 is 0 Å². The second-order valence-corrected chi connectivity index (χ2v) is 10.7. The first-order valence-electron chi connectivity index (χ1n) is 13.7. The molecule has 2 aliphatic rings. The number of unbranched alkanes of at least 4 members (excludes halogenated alkanes) is 2. The third kappa shape index (κ3) is 6.95. The lowest BCUT2D eigenvalue weighted by Gasteiger charge is -2.36. The lowest BCUT2D eigenvalue weighted by Crippen LogP contribution is -2.25. The minimum Gasteiger partial charge on any atom is -0.103 e. The molecular weight excluding hydrogens is 396 g/mol. The Morgan fingerprint density at radius 2 is 1.24 bits per heavy atom. The van der Waals surface area contributed by atoms with E-state index < -0.39 is 0 Å². The van der Waals surface area contributed by atoms with Crippen molar-refractivity contribution in [2.75, 3.05) is 0 Å². The fourth-order valence-electron chi connectivity index (χ4n) is 6.14. The number of aryl methyl sites for hydroxylation is 1. The number of hydrogen-bond acceptors (Lipinski definition) is 0. The highest BCUT2D eigenvalue weighted by molar-refractivity contribution is 5.66. The van der Waals surface area contributed by atoms with Gasteiger partial charge in [0.15, 0.2) is 0 Å². The maximum absolute atomic E-state index is 4.00. The Kier molecular flexibility index (Phi) is 9.04. The minimum atomic E-state index is 0.769. The van der Waals surface area contributed by atoms with Crippen molar-refractivity contribution in [3.8, 4) is 11.1 Å². The number of hydrogen-bond donors (Lipinski definition) is 0. The van der Waals surface area contributed by atoms with E-state index in [-0.39, 0.29) is 0 Å². The fraction of sp³-hybridized carbons (Fsp3) is 0.515. The SMILES string of the molecule is C=CC1CCC(C2CCC(/C=C/c3ccc(-c4ccc(CCCCC)cc4)cc3)CC2)CC1. The Bertz CT molecular complexity index is 853. The highest BCUT2D eigenvalue weighted by Gasteiger charge is 2.29. The zero-order chi connectivity index (χ0) is 22.9. The molecule has 0 N–H and O–H groups in total. The zero-order valence-electron chi connectivity index (χ0n) is 20.9. The summed E-state index contributed by atoms with van der Waals surface area (Å²) in [4.78, 5) is 0. The average molecular weight is 441 g/mol. The smallest absolute Gasteiger partial charge is 0.0184 e. The van der Waals surface area contributed by atoms with Crippen LogP contribution in [0.3, 0.4) is 0 Å². The summed E-state index contributed by atoms with van der Waals surface area (Å²) in [6.07, 6.45) is 23.4. The van der Waals surface area contributed by atoms with E-state index in [1.807, 2.05) is 0 Å². The molecule has 0 amide bonds. The highest BCUT2D eigenvalue weighted by atomic mass is 14.3. The van der Waals surface area contributed by atoms with Crippen molar-refractivity contribution in [1.82, 2.24) is 0 Å². The standard InChI is InChI=1S/C33H44/c1-3-5-6-7-27-12-20-31(21-13-27)33-24-16-29(17-25-33)9-8-28-14-22-32(23-15-28)30-18-10-26(4-2)11-19-30/h4,8-9,12-13,16-17,20-21,24-26,28,30,32H,2-3,5-7,10-11,14-15,18-19,22-23H2,1H3/b9-8+. The van der Waals surface area contributed by atoms with Gasteiger partial charge >= 0.3 is 0 Å². The van der Waals surface area contributed by atoms with E-state index in [0.29, 0.717) is 0 Å². The molecule has 2 aromatic rings. The monoisotopic (exact) mass is 440 g/mol. The van der Waals surface area contributed by atoms with Gasteiger partial charge in [-0.1, -0.05) is 86.5 Å². The topological polar surface area (TPSA) is 0 Å². The van der Waals surface area contributed by atoms with Crippen LogP contribution in [-0.2, 0) is 6.42 Å². The number of rotatable bonds is 9. The molecule has 0 radical (unpaired) electrons. The first-order chi connectivity index (χ1) is 16.2. The zero-order valence-corrected chi connectivity index (χ0v) is 20.9. The minimum absolute atomic E-state index is 0.769. The lowest BCUT2D eigenvalue weighted by atomic mass is 9.69. The van der Waals surface area contributed by atoms with Crippen LogP contribution in [0.4, 0.5) is 0 Å². The van der Waals surface area contributed by atoms with E-state index in [0.717, 1.165) is 23.7 Å². The van der Waals surface area contributed by atoms with Crippen molar-refractivity contribution in [3.05, 3.63) is 78.4 Å². The van der Waals surface area contributed by atoms with Gasteiger partial charge in [0.25, 0.3) is 0 Å². The molecule has 0 heterocycles. The average Bonchev–Trinajstić information content (AvgIpc) is 2.89. The number of allylic oxidation sites excluding steroid dienone is 2. The van der Waals surface area contributed by atoms with Crippen molar-refractivity contribution in [3.63, 3.8) is 0 Å². The quantitative estimate of drug-likeness (QED) is 0.269. The first kappa shape index (κ1) is 24.1. The van der Waals surface area contributed by atoms with E-state index in [2.05, 4.69) is 80.3 Å². The summed E-state index contributed by atoms with van der Waals surface area (Å²) in [5.41, 5.74) is 5.44. The summed E-state index contributed by atoms with van der Waals surface area (Å²) >= 11 is 0. The largest absolute Gasteiger partial charge is 0.103 e. The predicted molar refractivity (Wildman–Crippen MR) is 145 cm³/mol. The Morgan fingerprint density at radius 3 is 1.79 bits per heavy atom. The van der Waals surface area contributed by atoms with Gasteiger partial charge in [0.2, 0.25) is 0 Å². The normalized spacial score (nSPS) is 25.8. The molecule has 0 atom stereocenters. The van der Waals surface area contributed by atoms with Crippen LogP contribution in [0.25, 0.3) is 17.2 Å². The van der Waals surface area contributed by atoms with Crippen molar-refractivity contribution >= 4 is 6.08 Å². The predicted octanol–water partition coefficient (Wildman–Crippen LogP) is 9.90. The van der Waals surface area contributed by atoms with Gasteiger partial charge in [-0.25, -0.2) is 0 Å². The second kappa shape index (κ2) is 12.4. The van der Waals surface area contributed by atoms with Gasteiger partial charge in [0, 0.05) is 0 Å². The summed E-state index contributed by atoms with van der Waals surface area (Å²) < 4.78 is 0. The summed E-state index contributed by atoms with van der Waals surface area (Å²) in [5, 5.41) is 0. The van der Waals surface area contributed by atoms with E-state index in [9.17, 15) is 0 Å². The van der Waals surface area contributed by atoms with Crippen molar-refractivity contribution in [2.45, 2.75) is 84.0 Å². The van der Waals surface area contributed by atoms with Crippen LogP contribution in [0.2, 0.25) is 0 Å². The van der Waals surface area contributed by atoms with Crippen LogP contribution in [0.15, 0.2) is 67.3 Å². The summed E-state index contributed by atoms with van der Waals surface area (Å²) in [5.74, 6) is 3.54. The number of benzene rings is 2. The molecular formula is C33H44. The first-order valence-corrected chi connectivity index (χ1v) is 13.7. The van der Waals surface area contributed by atoms with Crippen molar-refractivity contribution in [2.24, 2.45) is 23.7 Å². The molecule has 2 aliphatic carbocycles. The maximum atomic E-state index is 4.00. The fourth-order valence-corrected chi connectivity index (χ4v) is 6.14. The van der Waals surface area contributed by atoms with Gasteiger partial charge in [0.05, 0.1) is 0 Å². The molecule has 0 aliphatic heterocycles. The molecule has 0 nitrogen and oxygen atoms in total. The van der Waals surface area contributed by atoms with Gasteiger partial charge in [-0.05, 0) is 110 Å². The van der Waals surface area contributed by atoms with Crippen LogP contribution in [0, 0.1) is 23.7 Å². The van der Waals surface area contributed by atoms with E-state index in [1.165, 1.54) is 99.3 Å². The molecule has 2 saturated carbocycles.